The maximum Gasteiger partial charge on any atom is 0.244 e. The molecule has 0 heterocycles. The largest absolute Gasteiger partial charge is 0.497 e. The van der Waals surface area contributed by atoms with Crippen LogP contribution in [0.2, 0.25) is 0 Å². The summed E-state index contributed by atoms with van der Waals surface area (Å²) >= 11 is 3.45. The maximum atomic E-state index is 14.0. The van der Waals surface area contributed by atoms with E-state index in [1.54, 1.807) is 12.1 Å². The van der Waals surface area contributed by atoms with Crippen LogP contribution in [0.3, 0.4) is 0 Å². The van der Waals surface area contributed by atoms with Crippen molar-refractivity contribution in [1.29, 1.82) is 0 Å². The SMILES string of the molecule is CNC(=O)C(Cc1ccccc1)N(Cc1cccc(Br)c1)C(=O)CN(c1cc(OC)ccc1OC)S(C)(=O)=O. The highest BCUT2D eigenvalue weighted by atomic mass is 79.9. The fourth-order valence-corrected chi connectivity index (χ4v) is 5.43. The van der Waals surface area contributed by atoms with E-state index < -0.39 is 28.5 Å². The molecule has 0 spiro atoms. The number of rotatable bonds is 12. The van der Waals surface area contributed by atoms with Gasteiger partial charge < -0.3 is 19.7 Å². The van der Waals surface area contributed by atoms with E-state index in [4.69, 9.17) is 9.47 Å². The van der Waals surface area contributed by atoms with Crippen molar-refractivity contribution >= 4 is 43.5 Å². The third kappa shape index (κ3) is 7.96. The van der Waals surface area contributed by atoms with Gasteiger partial charge in [-0.25, -0.2) is 8.42 Å². The number of carbonyl (C=O) groups is 2. The van der Waals surface area contributed by atoms with Gasteiger partial charge in [0.25, 0.3) is 0 Å². The Hall–Kier alpha value is -3.57. The third-order valence-corrected chi connectivity index (χ3v) is 7.71. The highest BCUT2D eigenvalue weighted by Gasteiger charge is 2.33. The molecule has 3 rings (SSSR count). The molecule has 0 saturated heterocycles. The van der Waals surface area contributed by atoms with E-state index in [9.17, 15) is 18.0 Å². The normalized spacial score (nSPS) is 11.8. The molecule has 11 heteroatoms. The summed E-state index contributed by atoms with van der Waals surface area (Å²) < 4.78 is 38.4. The lowest BCUT2D eigenvalue weighted by atomic mass is 10.0. The first-order chi connectivity index (χ1) is 18.6. The van der Waals surface area contributed by atoms with Gasteiger partial charge >= 0.3 is 0 Å². The van der Waals surface area contributed by atoms with E-state index >= 15 is 0 Å². The second-order valence-electron chi connectivity index (χ2n) is 8.78. The molecule has 3 aromatic carbocycles. The van der Waals surface area contributed by atoms with Crippen LogP contribution in [0, 0.1) is 0 Å². The predicted octanol–water partition coefficient (Wildman–Crippen LogP) is 3.62. The van der Waals surface area contributed by atoms with Crippen LogP contribution in [-0.4, -0.2) is 65.2 Å². The van der Waals surface area contributed by atoms with Gasteiger partial charge in [-0.1, -0.05) is 58.4 Å². The Kier molecular flexibility index (Phi) is 10.4. The summed E-state index contributed by atoms with van der Waals surface area (Å²) in [6.07, 6.45) is 1.25. The van der Waals surface area contributed by atoms with E-state index in [0.717, 1.165) is 26.2 Å². The van der Waals surface area contributed by atoms with Crippen molar-refractivity contribution in [2.24, 2.45) is 0 Å². The molecule has 1 atom stereocenters. The number of nitrogens with one attached hydrogen (secondary N) is 1. The zero-order valence-electron chi connectivity index (χ0n) is 22.3. The summed E-state index contributed by atoms with van der Waals surface area (Å²) in [4.78, 5) is 28.6. The van der Waals surface area contributed by atoms with Gasteiger partial charge in [0.15, 0.2) is 0 Å². The number of likely N-dealkylation sites (N-methyl/N-ethyl adjacent to an activating group) is 1. The smallest absolute Gasteiger partial charge is 0.244 e. The Balaban J connectivity index is 2.08. The number of amides is 2. The summed E-state index contributed by atoms with van der Waals surface area (Å²) in [7, 11) is 0.423. The van der Waals surface area contributed by atoms with Crippen LogP contribution in [0.25, 0.3) is 0 Å². The summed E-state index contributed by atoms with van der Waals surface area (Å²) in [5.41, 5.74) is 1.77. The van der Waals surface area contributed by atoms with Crippen molar-refractivity contribution in [3.8, 4) is 11.5 Å². The fourth-order valence-electron chi connectivity index (χ4n) is 4.14. The van der Waals surface area contributed by atoms with E-state index in [1.807, 2.05) is 54.6 Å². The zero-order chi connectivity index (χ0) is 28.6. The van der Waals surface area contributed by atoms with E-state index in [-0.39, 0.29) is 30.3 Å². The Bertz CT molecular complexity index is 1400. The zero-order valence-corrected chi connectivity index (χ0v) is 24.7. The van der Waals surface area contributed by atoms with Crippen LogP contribution in [-0.2, 0) is 32.6 Å². The fraction of sp³-hybridized carbons (Fsp3) is 0.286. The molecule has 39 heavy (non-hydrogen) atoms. The molecule has 0 radical (unpaired) electrons. The summed E-state index contributed by atoms with van der Waals surface area (Å²) in [6, 6.07) is 20.5. The first kappa shape index (κ1) is 30.0. The highest BCUT2D eigenvalue weighted by molar-refractivity contribution is 9.10. The number of hydrogen-bond acceptors (Lipinski definition) is 6. The Morgan fingerprint density at radius 3 is 2.23 bits per heavy atom. The minimum Gasteiger partial charge on any atom is -0.497 e. The lowest BCUT2D eigenvalue weighted by Gasteiger charge is -2.33. The molecule has 0 aliphatic carbocycles. The Morgan fingerprint density at radius 1 is 0.949 bits per heavy atom. The molecule has 208 valence electrons. The predicted molar refractivity (Wildman–Crippen MR) is 154 cm³/mol. The molecule has 0 saturated carbocycles. The Morgan fingerprint density at radius 2 is 1.64 bits per heavy atom. The van der Waals surface area contributed by atoms with Gasteiger partial charge in [-0.3, -0.25) is 13.9 Å². The molecule has 0 aliphatic heterocycles. The molecular formula is C28H32BrN3O6S. The average Bonchev–Trinajstić information content (AvgIpc) is 2.92. The second kappa shape index (κ2) is 13.5. The molecular weight excluding hydrogens is 586 g/mol. The molecule has 2 amide bonds. The van der Waals surface area contributed by atoms with Crippen molar-refractivity contribution in [3.63, 3.8) is 0 Å². The lowest BCUT2D eigenvalue weighted by molar-refractivity contribution is -0.139. The molecule has 0 aliphatic rings. The summed E-state index contributed by atoms with van der Waals surface area (Å²) in [5.74, 6) is -0.285. The number of hydrogen-bond donors (Lipinski definition) is 1. The van der Waals surface area contributed by atoms with Crippen molar-refractivity contribution in [2.45, 2.75) is 19.0 Å². The number of nitrogens with zero attached hydrogens (tertiary/aromatic N) is 2. The van der Waals surface area contributed by atoms with Crippen LogP contribution in [0.5, 0.6) is 11.5 Å². The van der Waals surface area contributed by atoms with Gasteiger partial charge in [-0.05, 0) is 35.4 Å². The molecule has 0 bridgehead atoms. The summed E-state index contributed by atoms with van der Waals surface area (Å²) in [6.45, 7) is -0.477. The molecule has 0 fully saturated rings. The van der Waals surface area contributed by atoms with Gasteiger partial charge in [0, 0.05) is 30.6 Å². The standard InChI is InChI=1S/C28H32BrN3O6S/c1-30-28(34)25(16-20-9-6-5-7-10-20)31(18-21-11-8-12-22(29)15-21)27(33)19-32(39(4,35)36)24-17-23(37-2)13-14-26(24)38-3/h5-15,17,25H,16,18-19H2,1-4H3,(H,30,34). The summed E-state index contributed by atoms with van der Waals surface area (Å²) in [5, 5.41) is 2.66. The van der Waals surface area contributed by atoms with Crippen LogP contribution in [0.1, 0.15) is 11.1 Å². The molecule has 1 unspecified atom stereocenters. The van der Waals surface area contributed by atoms with Crippen LogP contribution in [0.4, 0.5) is 5.69 Å². The van der Waals surface area contributed by atoms with Gasteiger partial charge in [0.1, 0.15) is 24.1 Å². The number of anilines is 1. The van der Waals surface area contributed by atoms with Gasteiger partial charge in [0.2, 0.25) is 21.8 Å². The quantitative estimate of drug-likeness (QED) is 0.333. The van der Waals surface area contributed by atoms with Crippen molar-refractivity contribution in [3.05, 3.63) is 88.4 Å². The number of methoxy groups -OCH3 is 2. The van der Waals surface area contributed by atoms with Crippen molar-refractivity contribution in [1.82, 2.24) is 10.2 Å². The number of halogens is 1. The minimum absolute atomic E-state index is 0.0794. The van der Waals surface area contributed by atoms with Gasteiger partial charge in [-0.2, -0.15) is 0 Å². The number of sulfonamides is 1. The van der Waals surface area contributed by atoms with E-state index in [2.05, 4.69) is 21.2 Å². The highest BCUT2D eigenvalue weighted by Crippen LogP contribution is 2.34. The number of benzene rings is 3. The second-order valence-corrected chi connectivity index (χ2v) is 11.6. The molecule has 9 nitrogen and oxygen atoms in total. The molecule has 0 aromatic heterocycles. The van der Waals surface area contributed by atoms with E-state index in [1.165, 1.54) is 32.2 Å². The number of carbonyl (C=O) groups excluding carboxylic acids is 2. The first-order valence-corrected chi connectivity index (χ1v) is 14.7. The third-order valence-electron chi connectivity index (χ3n) is 6.09. The van der Waals surface area contributed by atoms with Gasteiger partial charge in [0.05, 0.1) is 26.2 Å². The molecule has 1 N–H and O–H groups in total. The average molecular weight is 619 g/mol. The monoisotopic (exact) mass is 617 g/mol. The Labute approximate surface area is 237 Å². The molecule has 3 aromatic rings. The number of ether oxygens (including phenoxy) is 2. The topological polar surface area (TPSA) is 105 Å². The van der Waals surface area contributed by atoms with Gasteiger partial charge in [-0.15, -0.1) is 0 Å². The van der Waals surface area contributed by atoms with E-state index in [0.29, 0.717) is 5.75 Å². The van der Waals surface area contributed by atoms with Crippen LogP contribution >= 0.6 is 15.9 Å². The van der Waals surface area contributed by atoms with Crippen LogP contribution in [0.15, 0.2) is 77.3 Å². The van der Waals surface area contributed by atoms with Crippen molar-refractivity contribution in [2.75, 3.05) is 38.4 Å². The minimum atomic E-state index is -3.95. The first-order valence-electron chi connectivity index (χ1n) is 12.1. The van der Waals surface area contributed by atoms with Crippen molar-refractivity contribution < 1.29 is 27.5 Å². The lowest BCUT2D eigenvalue weighted by Crippen LogP contribution is -2.52. The van der Waals surface area contributed by atoms with Crippen LogP contribution < -0.4 is 19.1 Å². The maximum absolute atomic E-state index is 14.0.